The number of carboxylic acids is 1. The van der Waals surface area contributed by atoms with Crippen LogP contribution in [0.25, 0.3) is 0 Å². The number of rotatable bonds is 3. The summed E-state index contributed by atoms with van der Waals surface area (Å²) in [7, 11) is 0. The lowest BCUT2D eigenvalue weighted by Crippen LogP contribution is -2.41. The van der Waals surface area contributed by atoms with Gasteiger partial charge < -0.3 is 15.2 Å². The van der Waals surface area contributed by atoms with Crippen molar-refractivity contribution < 1.29 is 19.1 Å². The molecular formula is C15H15FNO3-. The second-order valence-corrected chi connectivity index (χ2v) is 4.95. The summed E-state index contributed by atoms with van der Waals surface area (Å²) in [6.07, 6.45) is 4.06. The van der Waals surface area contributed by atoms with Gasteiger partial charge in [0.1, 0.15) is 5.82 Å². The lowest BCUT2D eigenvalue weighted by molar-refractivity contribution is -0.313. The Morgan fingerprint density at radius 2 is 1.90 bits per heavy atom. The second-order valence-electron chi connectivity index (χ2n) is 4.95. The average molecular weight is 276 g/mol. The molecule has 1 amide bonds. The molecule has 0 heterocycles. The van der Waals surface area contributed by atoms with E-state index in [9.17, 15) is 19.1 Å². The Hall–Kier alpha value is -2.17. The van der Waals surface area contributed by atoms with E-state index in [-0.39, 0.29) is 12.1 Å². The normalized spacial score (nSPS) is 21.5. The molecule has 0 aromatic heterocycles. The number of carboxylic acid groups (broad SMARTS) is 1. The van der Waals surface area contributed by atoms with Crippen LogP contribution < -0.4 is 10.4 Å². The van der Waals surface area contributed by atoms with E-state index in [4.69, 9.17) is 0 Å². The van der Waals surface area contributed by atoms with E-state index in [2.05, 4.69) is 5.32 Å². The predicted octanol–water partition coefficient (Wildman–Crippen LogP) is 1.40. The van der Waals surface area contributed by atoms with Crippen LogP contribution in [0.2, 0.25) is 0 Å². The standard InChI is InChI=1S/C15H16FNO3/c1-9-6-7-12(16)13(8-9)17-14(18)10-4-2-3-5-11(10)15(19)20/h2-3,6-8,10-11H,4-5H2,1H3,(H,17,18)(H,19,20)/p-1/t10-,11+/m1/s1. The lowest BCUT2D eigenvalue weighted by Gasteiger charge is -2.28. The molecule has 0 spiro atoms. The minimum absolute atomic E-state index is 0.0710. The van der Waals surface area contributed by atoms with E-state index >= 15 is 0 Å². The van der Waals surface area contributed by atoms with Crippen LogP contribution in [0.5, 0.6) is 0 Å². The highest BCUT2D eigenvalue weighted by Gasteiger charge is 2.30. The average Bonchev–Trinajstić information content (AvgIpc) is 2.42. The molecule has 4 nitrogen and oxygen atoms in total. The highest BCUT2D eigenvalue weighted by Crippen LogP contribution is 2.27. The Kier molecular flexibility index (Phi) is 4.17. The molecule has 106 valence electrons. The zero-order valence-electron chi connectivity index (χ0n) is 11.1. The van der Waals surface area contributed by atoms with Crippen molar-refractivity contribution in [1.82, 2.24) is 0 Å². The number of anilines is 1. The van der Waals surface area contributed by atoms with Crippen LogP contribution in [0.3, 0.4) is 0 Å². The van der Waals surface area contributed by atoms with E-state index in [1.54, 1.807) is 25.1 Å². The molecule has 2 atom stereocenters. The maximum absolute atomic E-state index is 13.6. The number of amides is 1. The SMILES string of the molecule is Cc1ccc(F)c(NC(=O)[C@@H]2CC=CC[C@@H]2C(=O)[O-])c1. The van der Waals surface area contributed by atoms with Crippen molar-refractivity contribution in [2.75, 3.05) is 5.32 Å². The summed E-state index contributed by atoms with van der Waals surface area (Å²) in [5, 5.41) is 13.5. The van der Waals surface area contributed by atoms with Gasteiger partial charge in [-0.2, -0.15) is 0 Å². The Balaban J connectivity index is 2.16. The number of benzene rings is 1. The zero-order chi connectivity index (χ0) is 14.7. The molecule has 1 N–H and O–H groups in total. The van der Waals surface area contributed by atoms with Crippen LogP contribution in [-0.2, 0) is 9.59 Å². The first-order valence-electron chi connectivity index (χ1n) is 6.42. The molecular weight excluding hydrogens is 261 g/mol. The largest absolute Gasteiger partial charge is 0.550 e. The van der Waals surface area contributed by atoms with E-state index in [1.165, 1.54) is 12.1 Å². The molecule has 1 aromatic rings. The van der Waals surface area contributed by atoms with Crippen LogP contribution in [0.15, 0.2) is 30.4 Å². The van der Waals surface area contributed by atoms with Crippen LogP contribution in [0.4, 0.5) is 10.1 Å². The maximum atomic E-state index is 13.6. The number of hydrogen-bond donors (Lipinski definition) is 1. The molecule has 1 aliphatic rings. The first kappa shape index (κ1) is 14.2. The fourth-order valence-corrected chi connectivity index (χ4v) is 2.32. The van der Waals surface area contributed by atoms with Gasteiger partial charge in [0.2, 0.25) is 5.91 Å². The molecule has 0 bridgehead atoms. The Labute approximate surface area is 116 Å². The third kappa shape index (κ3) is 3.04. The molecule has 20 heavy (non-hydrogen) atoms. The summed E-state index contributed by atoms with van der Waals surface area (Å²) < 4.78 is 13.6. The van der Waals surface area contributed by atoms with Crippen LogP contribution in [-0.4, -0.2) is 11.9 Å². The first-order chi connectivity index (χ1) is 9.49. The summed E-state index contributed by atoms with van der Waals surface area (Å²) >= 11 is 0. The van der Waals surface area contributed by atoms with Gasteiger partial charge in [-0.25, -0.2) is 4.39 Å². The van der Waals surface area contributed by atoms with Crippen molar-refractivity contribution in [3.8, 4) is 0 Å². The zero-order valence-corrected chi connectivity index (χ0v) is 11.1. The van der Waals surface area contributed by atoms with Gasteiger partial charge in [0, 0.05) is 11.9 Å². The predicted molar refractivity (Wildman–Crippen MR) is 70.1 cm³/mol. The van der Waals surface area contributed by atoms with E-state index < -0.39 is 29.5 Å². The molecule has 1 aromatic carbocycles. The number of aryl methyl sites for hydroxylation is 1. The molecule has 1 aliphatic carbocycles. The molecule has 0 fully saturated rings. The van der Waals surface area contributed by atoms with Gasteiger partial charge in [-0.15, -0.1) is 0 Å². The van der Waals surface area contributed by atoms with E-state index in [0.29, 0.717) is 6.42 Å². The fourth-order valence-electron chi connectivity index (χ4n) is 2.32. The summed E-state index contributed by atoms with van der Waals surface area (Å²) in [6.45, 7) is 1.78. The van der Waals surface area contributed by atoms with Crippen molar-refractivity contribution in [1.29, 1.82) is 0 Å². The second kappa shape index (κ2) is 5.86. The monoisotopic (exact) mass is 276 g/mol. The van der Waals surface area contributed by atoms with Gasteiger partial charge >= 0.3 is 0 Å². The highest BCUT2D eigenvalue weighted by molar-refractivity contribution is 5.95. The Bertz CT molecular complexity index is 568. The van der Waals surface area contributed by atoms with Crippen molar-refractivity contribution in [3.63, 3.8) is 0 Å². The third-order valence-electron chi connectivity index (χ3n) is 3.45. The number of halogens is 1. The quantitative estimate of drug-likeness (QED) is 0.848. The lowest BCUT2D eigenvalue weighted by atomic mass is 9.82. The number of aliphatic carboxylic acids is 1. The van der Waals surface area contributed by atoms with Gasteiger partial charge in [-0.05, 0) is 37.5 Å². The van der Waals surface area contributed by atoms with Crippen molar-refractivity contribution in [2.24, 2.45) is 11.8 Å². The van der Waals surface area contributed by atoms with Gasteiger partial charge in [-0.3, -0.25) is 4.79 Å². The fraction of sp³-hybridized carbons (Fsp3) is 0.333. The summed E-state index contributed by atoms with van der Waals surface area (Å²) in [4.78, 5) is 23.2. The molecule has 0 saturated heterocycles. The van der Waals surface area contributed by atoms with Crippen molar-refractivity contribution in [3.05, 3.63) is 41.7 Å². The summed E-state index contributed by atoms with van der Waals surface area (Å²) in [5.74, 6) is -3.88. The van der Waals surface area contributed by atoms with Gasteiger partial charge in [0.25, 0.3) is 0 Å². The van der Waals surface area contributed by atoms with Gasteiger partial charge in [0.05, 0.1) is 11.6 Å². The summed E-state index contributed by atoms with van der Waals surface area (Å²) in [5.41, 5.74) is 0.878. The number of carbonyl (C=O) groups excluding carboxylic acids is 2. The maximum Gasteiger partial charge on any atom is 0.228 e. The molecule has 0 unspecified atom stereocenters. The van der Waals surface area contributed by atoms with Crippen LogP contribution in [0.1, 0.15) is 18.4 Å². The molecule has 5 heteroatoms. The van der Waals surface area contributed by atoms with E-state index in [1.807, 2.05) is 0 Å². The number of hydrogen-bond acceptors (Lipinski definition) is 3. The Morgan fingerprint density at radius 1 is 1.25 bits per heavy atom. The number of nitrogens with one attached hydrogen (secondary N) is 1. The van der Waals surface area contributed by atoms with Gasteiger partial charge in [-0.1, -0.05) is 18.2 Å². The number of carbonyl (C=O) groups is 2. The minimum Gasteiger partial charge on any atom is -0.550 e. The first-order valence-corrected chi connectivity index (χ1v) is 6.42. The molecule has 2 rings (SSSR count). The highest BCUT2D eigenvalue weighted by atomic mass is 19.1. The third-order valence-corrected chi connectivity index (χ3v) is 3.45. The molecule has 0 saturated carbocycles. The van der Waals surface area contributed by atoms with E-state index in [0.717, 1.165) is 5.56 Å². The van der Waals surface area contributed by atoms with Crippen molar-refractivity contribution >= 4 is 17.6 Å². The van der Waals surface area contributed by atoms with Crippen LogP contribution in [0, 0.1) is 24.6 Å². The smallest absolute Gasteiger partial charge is 0.228 e. The molecule has 0 radical (unpaired) electrons. The Morgan fingerprint density at radius 3 is 2.55 bits per heavy atom. The summed E-state index contributed by atoms with van der Waals surface area (Å²) in [6, 6.07) is 4.38. The van der Waals surface area contributed by atoms with Crippen LogP contribution >= 0.6 is 0 Å². The molecule has 0 aliphatic heterocycles. The van der Waals surface area contributed by atoms with Crippen molar-refractivity contribution in [2.45, 2.75) is 19.8 Å². The minimum atomic E-state index is -1.25. The number of allylic oxidation sites excluding steroid dienone is 2. The topological polar surface area (TPSA) is 69.2 Å². The van der Waals surface area contributed by atoms with Gasteiger partial charge in [0.15, 0.2) is 0 Å².